The highest BCUT2D eigenvalue weighted by Crippen LogP contribution is 2.19. The minimum absolute atomic E-state index is 0.527. The largest absolute Gasteiger partial charge is 0.303 e. The van der Waals surface area contributed by atoms with Crippen LogP contribution >= 0.6 is 0 Å². The lowest BCUT2D eigenvalue weighted by molar-refractivity contribution is -0.108. The molecule has 0 N–H and O–H groups in total. The van der Waals surface area contributed by atoms with Crippen LogP contribution in [0.4, 0.5) is 11.4 Å². The summed E-state index contributed by atoms with van der Waals surface area (Å²) in [4.78, 5) is 31.3. The minimum atomic E-state index is 0.527. The van der Waals surface area contributed by atoms with Gasteiger partial charge in [0.1, 0.15) is 18.3 Å². The van der Waals surface area contributed by atoms with E-state index in [2.05, 4.69) is 18.8 Å². The Morgan fingerprint density at radius 3 is 1.78 bits per heavy atom. The zero-order valence-electron chi connectivity index (χ0n) is 22.0. The second-order valence-corrected chi connectivity index (χ2v) is 8.94. The molecule has 2 aromatic carbocycles. The summed E-state index contributed by atoms with van der Waals surface area (Å²) in [6.45, 7) is 4.27. The number of nitrogens with zero attached hydrogens (tertiary/aromatic N) is 2. The molecule has 0 fully saturated rings. The molecule has 0 unspecified atom stereocenters. The quantitative estimate of drug-likeness (QED) is 0.105. The van der Waals surface area contributed by atoms with Crippen LogP contribution in [0.5, 0.6) is 0 Å². The van der Waals surface area contributed by atoms with E-state index in [0.29, 0.717) is 12.8 Å². The van der Waals surface area contributed by atoms with Crippen LogP contribution in [0.25, 0.3) is 0 Å². The summed E-state index contributed by atoms with van der Waals surface area (Å²) < 4.78 is 0. The molecule has 0 spiro atoms. The molecule has 0 bridgehead atoms. The van der Waals surface area contributed by atoms with Gasteiger partial charge in [-0.2, -0.15) is 0 Å². The second-order valence-electron chi connectivity index (χ2n) is 8.94. The van der Waals surface area contributed by atoms with Crippen LogP contribution in [-0.4, -0.2) is 24.0 Å². The van der Waals surface area contributed by atoms with Crippen LogP contribution in [0.2, 0.25) is 0 Å². The third-order valence-electron chi connectivity index (χ3n) is 5.90. The maximum absolute atomic E-state index is 10.7. The summed E-state index contributed by atoms with van der Waals surface area (Å²) in [7, 11) is 0. The molecule has 0 saturated carbocycles. The highest BCUT2D eigenvalue weighted by Gasteiger charge is 2.09. The van der Waals surface area contributed by atoms with Crippen LogP contribution in [0.15, 0.2) is 58.5 Å². The van der Waals surface area contributed by atoms with Crippen molar-refractivity contribution in [2.45, 2.75) is 90.9 Å². The first-order valence-corrected chi connectivity index (χ1v) is 13.4. The van der Waals surface area contributed by atoms with E-state index in [1.807, 2.05) is 55.5 Å². The van der Waals surface area contributed by atoms with Crippen LogP contribution in [0, 0.1) is 11.8 Å². The fourth-order valence-corrected chi connectivity index (χ4v) is 3.85. The van der Waals surface area contributed by atoms with Crippen LogP contribution in [0.3, 0.4) is 0 Å². The third-order valence-corrected chi connectivity index (χ3v) is 5.90. The predicted octanol–water partition coefficient (Wildman–Crippen LogP) is 7.96. The molecule has 0 amide bonds. The van der Waals surface area contributed by atoms with Crippen LogP contribution < -0.4 is 0 Å². The molecule has 190 valence electrons. The van der Waals surface area contributed by atoms with Gasteiger partial charge >= 0.3 is 0 Å². The number of hydrogen-bond acceptors (Lipinski definition) is 4. The Morgan fingerprint density at radius 2 is 1.25 bits per heavy atom. The third kappa shape index (κ3) is 11.4. The first kappa shape index (κ1) is 28.9. The van der Waals surface area contributed by atoms with E-state index in [0.717, 1.165) is 78.6 Å². The summed E-state index contributed by atoms with van der Waals surface area (Å²) in [5.41, 5.74) is 5.60. The molecule has 0 radical (unpaired) electrons. The summed E-state index contributed by atoms with van der Waals surface area (Å²) >= 11 is 0. The minimum Gasteiger partial charge on any atom is -0.303 e. The summed E-state index contributed by atoms with van der Waals surface area (Å²) in [5.74, 6) is 6.46. The molecule has 0 aliphatic carbocycles. The first-order valence-electron chi connectivity index (χ1n) is 13.4. The number of aryl methyl sites for hydroxylation is 2. The lowest BCUT2D eigenvalue weighted by Crippen LogP contribution is -2.12. The number of unbranched alkanes of at least 4 members (excludes halogenated alkanes) is 5. The molecule has 4 heteroatoms. The Morgan fingerprint density at radius 1 is 0.722 bits per heavy atom. The zero-order chi connectivity index (χ0) is 25.8. The smallest absolute Gasteiger partial charge is 0.135 e. The van der Waals surface area contributed by atoms with Gasteiger partial charge in [0.2, 0.25) is 0 Å². The molecule has 0 aromatic heterocycles. The standard InChI is InChI=1S/C32H40N2O2/c1-3-5-7-8-9-10-16-32(34-30-23-19-28(20-24-30)14-12-26-36)31(15-6-4-2)33-29-21-17-27(18-22-29)13-11-25-35/h17-26H,3-5,7-14,16H2,1-2H3. The molecule has 36 heavy (non-hydrogen) atoms. The van der Waals surface area contributed by atoms with E-state index in [9.17, 15) is 9.59 Å². The van der Waals surface area contributed by atoms with Gasteiger partial charge in [0.25, 0.3) is 0 Å². The second kappa shape index (κ2) is 18.0. The average Bonchev–Trinajstić information content (AvgIpc) is 2.91. The van der Waals surface area contributed by atoms with Gasteiger partial charge in [0, 0.05) is 19.3 Å². The van der Waals surface area contributed by atoms with Gasteiger partial charge in [-0.1, -0.05) is 76.1 Å². The molecular weight excluding hydrogens is 444 g/mol. The first-order chi connectivity index (χ1) is 17.7. The van der Waals surface area contributed by atoms with Crippen molar-refractivity contribution in [3.05, 3.63) is 59.7 Å². The highest BCUT2D eigenvalue weighted by atomic mass is 16.1. The van der Waals surface area contributed by atoms with Gasteiger partial charge in [-0.3, -0.25) is 4.99 Å². The normalized spacial score (nSPS) is 11.6. The van der Waals surface area contributed by atoms with Crippen LogP contribution in [-0.2, 0) is 22.4 Å². The van der Waals surface area contributed by atoms with Crippen molar-refractivity contribution in [2.24, 2.45) is 9.98 Å². The summed E-state index contributed by atoms with van der Waals surface area (Å²) in [5, 5.41) is 0. The van der Waals surface area contributed by atoms with Gasteiger partial charge in [-0.15, -0.1) is 0 Å². The number of hydrogen-bond donors (Lipinski definition) is 0. The molecule has 0 heterocycles. The highest BCUT2D eigenvalue weighted by molar-refractivity contribution is 6.49. The Hall–Kier alpha value is -3.32. The molecular formula is C32H40N2O2. The maximum atomic E-state index is 10.7. The molecule has 0 saturated heterocycles. The fraction of sp³-hybridized carbons (Fsp3) is 0.438. The van der Waals surface area contributed by atoms with Crippen molar-refractivity contribution >= 4 is 35.4 Å². The van der Waals surface area contributed by atoms with Crippen molar-refractivity contribution in [3.8, 4) is 11.8 Å². The van der Waals surface area contributed by atoms with Gasteiger partial charge in [0.05, 0.1) is 17.1 Å². The van der Waals surface area contributed by atoms with E-state index in [-0.39, 0.29) is 0 Å². The van der Waals surface area contributed by atoms with E-state index >= 15 is 0 Å². The lowest BCUT2D eigenvalue weighted by atomic mass is 10.0. The monoisotopic (exact) mass is 484 g/mol. The summed E-state index contributed by atoms with van der Waals surface area (Å²) in [6.07, 6.45) is 13.3. The van der Waals surface area contributed by atoms with Gasteiger partial charge in [0.15, 0.2) is 0 Å². The Kier molecular flexibility index (Phi) is 14.5. The fourth-order valence-electron chi connectivity index (χ4n) is 3.85. The summed E-state index contributed by atoms with van der Waals surface area (Å²) in [6, 6.07) is 16.1. The Bertz CT molecular complexity index is 1040. The van der Waals surface area contributed by atoms with Crippen molar-refractivity contribution < 1.29 is 9.59 Å². The molecule has 2 rings (SSSR count). The Labute approximate surface area is 217 Å². The SMILES string of the molecule is CCC#CC(=Nc1ccc(CCC=O)cc1)C(CCCCCCCC)=Nc1ccc(CCC=O)cc1. The van der Waals surface area contributed by atoms with Crippen LogP contribution in [0.1, 0.15) is 89.2 Å². The predicted molar refractivity (Wildman–Crippen MR) is 152 cm³/mol. The average molecular weight is 485 g/mol. The van der Waals surface area contributed by atoms with E-state index in [1.165, 1.54) is 32.1 Å². The number of carbonyl (C=O) groups is 2. The zero-order valence-corrected chi connectivity index (χ0v) is 22.0. The molecule has 4 nitrogen and oxygen atoms in total. The maximum Gasteiger partial charge on any atom is 0.135 e. The number of benzene rings is 2. The van der Waals surface area contributed by atoms with Crippen molar-refractivity contribution in [1.29, 1.82) is 0 Å². The number of carbonyl (C=O) groups excluding carboxylic acids is 2. The van der Waals surface area contributed by atoms with E-state index in [4.69, 9.17) is 9.98 Å². The van der Waals surface area contributed by atoms with E-state index < -0.39 is 0 Å². The van der Waals surface area contributed by atoms with Gasteiger partial charge < -0.3 is 9.59 Å². The number of aliphatic imine (C=N–C) groups is 2. The van der Waals surface area contributed by atoms with E-state index in [1.54, 1.807) is 0 Å². The van der Waals surface area contributed by atoms with Crippen molar-refractivity contribution in [1.82, 2.24) is 0 Å². The topological polar surface area (TPSA) is 58.9 Å². The number of rotatable bonds is 16. The molecule has 0 atom stereocenters. The van der Waals surface area contributed by atoms with Gasteiger partial charge in [-0.25, -0.2) is 4.99 Å². The molecule has 0 aliphatic heterocycles. The lowest BCUT2D eigenvalue weighted by Gasteiger charge is -2.08. The van der Waals surface area contributed by atoms with Crippen molar-refractivity contribution in [3.63, 3.8) is 0 Å². The molecule has 2 aromatic rings. The Balaban J connectivity index is 2.32. The van der Waals surface area contributed by atoms with Gasteiger partial charge in [-0.05, 0) is 67.0 Å². The van der Waals surface area contributed by atoms with Crippen molar-refractivity contribution in [2.75, 3.05) is 0 Å². The molecule has 0 aliphatic rings. The number of aldehydes is 2.